The maximum atomic E-state index is 14.7. The number of carbonyl (C=O) groups excluding carboxylic acids is 1. The Morgan fingerprint density at radius 3 is 2.41 bits per heavy atom. The smallest absolute Gasteiger partial charge is 0.343 e. The molecule has 0 radical (unpaired) electrons. The lowest BCUT2D eigenvalue weighted by Crippen LogP contribution is -2.75. The third kappa shape index (κ3) is 5.33. The Hall–Kier alpha value is -4.37. The van der Waals surface area contributed by atoms with Crippen LogP contribution in [-0.4, -0.2) is 97.1 Å². The second-order valence-electron chi connectivity index (χ2n) is 17.4. The summed E-state index contributed by atoms with van der Waals surface area (Å²) in [5, 5.41) is 77.4. The van der Waals surface area contributed by atoms with Crippen molar-refractivity contribution < 1.29 is 49.6 Å². The lowest BCUT2D eigenvalue weighted by Gasteiger charge is -2.62. The van der Waals surface area contributed by atoms with Crippen molar-refractivity contribution in [1.29, 1.82) is 0 Å². The van der Waals surface area contributed by atoms with Crippen molar-refractivity contribution in [2.45, 2.75) is 92.5 Å². The zero-order valence-corrected chi connectivity index (χ0v) is 32.3. The predicted molar refractivity (Wildman–Crippen MR) is 215 cm³/mol. The summed E-state index contributed by atoms with van der Waals surface area (Å²) in [6.07, 6.45) is 1.43. The number of ether oxygens (including phenoxy) is 3. The molecular formula is C46H50N2O10. The number of hydrogen-bond acceptors (Lipinski definition) is 11. The molecule has 304 valence electrons. The van der Waals surface area contributed by atoms with Crippen LogP contribution in [0.3, 0.4) is 0 Å². The third-order valence-corrected chi connectivity index (χ3v) is 14.5. The Bertz CT molecular complexity index is 2420. The molecular weight excluding hydrogens is 741 g/mol. The van der Waals surface area contributed by atoms with Crippen LogP contribution in [0.5, 0.6) is 11.5 Å². The van der Waals surface area contributed by atoms with Gasteiger partial charge in [-0.15, -0.1) is 0 Å². The summed E-state index contributed by atoms with van der Waals surface area (Å²) in [7, 11) is 1.84. The summed E-state index contributed by atoms with van der Waals surface area (Å²) in [6.45, 7) is 0.0122. The van der Waals surface area contributed by atoms with E-state index >= 15 is 0 Å². The van der Waals surface area contributed by atoms with E-state index in [1.807, 2.05) is 67.7 Å². The Morgan fingerprint density at radius 2 is 1.69 bits per heavy atom. The van der Waals surface area contributed by atoms with Gasteiger partial charge in [0.1, 0.15) is 18.0 Å². The van der Waals surface area contributed by atoms with Gasteiger partial charge in [-0.2, -0.15) is 0 Å². The quantitative estimate of drug-likeness (QED) is 0.0660. The molecule has 1 aromatic heterocycles. The summed E-state index contributed by atoms with van der Waals surface area (Å²) in [6, 6.07) is 23.0. The number of H-pyrrole nitrogens is 1. The van der Waals surface area contributed by atoms with Crippen LogP contribution in [0, 0.1) is 23.7 Å². The van der Waals surface area contributed by atoms with E-state index in [-0.39, 0.29) is 23.1 Å². The van der Waals surface area contributed by atoms with Gasteiger partial charge >= 0.3 is 5.97 Å². The number of nitrogens with one attached hydrogen (secondary N) is 2. The minimum absolute atomic E-state index is 0.0825. The lowest BCUT2D eigenvalue weighted by molar-refractivity contribution is -0.341. The van der Waals surface area contributed by atoms with Crippen LogP contribution >= 0.6 is 0 Å². The number of hydrogen-bond donors (Lipinski definition) is 8. The van der Waals surface area contributed by atoms with Crippen molar-refractivity contribution in [3.8, 4) is 11.5 Å². The van der Waals surface area contributed by atoms with E-state index in [1.165, 1.54) is 6.08 Å². The largest absolute Gasteiger partial charge is 0.508 e. The molecule has 2 aliphatic heterocycles. The maximum Gasteiger partial charge on any atom is 0.343 e. The summed E-state index contributed by atoms with van der Waals surface area (Å²) in [5.74, 6) is -5.45. The number of benzene rings is 4. The van der Waals surface area contributed by atoms with Crippen LogP contribution in [0.2, 0.25) is 0 Å². The fourth-order valence-corrected chi connectivity index (χ4v) is 11.9. The van der Waals surface area contributed by atoms with E-state index in [4.69, 9.17) is 14.2 Å². The minimum atomic E-state index is -2.64. The Morgan fingerprint density at radius 1 is 0.948 bits per heavy atom. The molecule has 4 fully saturated rings. The first-order chi connectivity index (χ1) is 28.0. The lowest BCUT2D eigenvalue weighted by atomic mass is 9.50. The van der Waals surface area contributed by atoms with E-state index in [0.29, 0.717) is 23.9 Å². The van der Waals surface area contributed by atoms with Gasteiger partial charge in [-0.1, -0.05) is 73.9 Å². The number of phenols is 1. The molecule has 5 aliphatic rings. The molecule has 2 saturated heterocycles. The molecule has 4 aromatic carbocycles. The van der Waals surface area contributed by atoms with Crippen molar-refractivity contribution in [3.05, 3.63) is 96.2 Å². The van der Waals surface area contributed by atoms with Crippen molar-refractivity contribution >= 4 is 38.4 Å². The minimum Gasteiger partial charge on any atom is -0.508 e. The average Bonchev–Trinajstić information content (AvgIpc) is 3.71. The van der Waals surface area contributed by atoms with Gasteiger partial charge in [0, 0.05) is 23.8 Å². The van der Waals surface area contributed by atoms with Gasteiger partial charge in [-0.3, -0.25) is 0 Å². The highest BCUT2D eigenvalue weighted by Gasteiger charge is 2.78. The first-order valence-electron chi connectivity index (χ1n) is 20.6. The van der Waals surface area contributed by atoms with Crippen LogP contribution < -0.4 is 10.1 Å². The standard InChI is InChI=1S/C46H50N2O10/c1-47-22-27-21-31-32-14-16-35(51)46(55)45(32,54)42(56-39(31)37(38(27)52)44(17-5-2-6-18-44)28-10-12-29(50)13-11-28)41(58-46)43(53)57-40-34(23-49)48-33-15-9-26-19-24-7-3-4-8-25(24)20-30(26)36(33)40/h3-4,7-16,19-20,27,31-32,35,37-39,41-42,47-52,54-55H,2,5-6,17-18,21-23H2,1H3. The highest BCUT2D eigenvalue weighted by Crippen LogP contribution is 2.62. The van der Waals surface area contributed by atoms with Crippen molar-refractivity contribution in [2.24, 2.45) is 23.7 Å². The molecule has 12 heteroatoms. The molecule has 11 unspecified atom stereocenters. The summed E-state index contributed by atoms with van der Waals surface area (Å²) in [4.78, 5) is 17.9. The zero-order valence-electron chi connectivity index (χ0n) is 32.3. The van der Waals surface area contributed by atoms with E-state index < -0.39 is 77.7 Å². The van der Waals surface area contributed by atoms with E-state index in [9.17, 15) is 35.4 Å². The average molecular weight is 791 g/mol. The van der Waals surface area contributed by atoms with Crippen molar-refractivity contribution in [3.63, 3.8) is 0 Å². The number of phenolic OH excluding ortho intramolecular Hbond substituents is 1. The second-order valence-corrected chi connectivity index (χ2v) is 17.4. The summed E-state index contributed by atoms with van der Waals surface area (Å²) < 4.78 is 19.4. The van der Waals surface area contributed by atoms with E-state index in [1.54, 1.807) is 18.2 Å². The number of aromatic nitrogens is 1. The summed E-state index contributed by atoms with van der Waals surface area (Å²) >= 11 is 0. The van der Waals surface area contributed by atoms with Crippen LogP contribution in [0.25, 0.3) is 32.4 Å². The van der Waals surface area contributed by atoms with Gasteiger partial charge in [0.25, 0.3) is 0 Å². The molecule has 3 aliphatic carbocycles. The Labute approximate surface area is 335 Å². The molecule has 5 aromatic rings. The van der Waals surface area contributed by atoms with Crippen LogP contribution in [0.4, 0.5) is 0 Å². The highest BCUT2D eigenvalue weighted by molar-refractivity contribution is 6.14. The molecule has 2 saturated carbocycles. The Balaban J connectivity index is 1.09. The molecule has 8 N–H and O–H groups in total. The third-order valence-electron chi connectivity index (χ3n) is 14.5. The number of aromatic amines is 1. The van der Waals surface area contributed by atoms with E-state index in [0.717, 1.165) is 59.2 Å². The molecule has 0 amide bonds. The normalized spacial score (nSPS) is 35.2. The number of aromatic hydroxyl groups is 1. The molecule has 0 bridgehead atoms. The molecule has 0 spiro atoms. The Kier molecular flexibility index (Phi) is 9.05. The molecule has 3 heterocycles. The SMILES string of the molecule is CNCC1CC2C(OC3C(C(=O)Oc4c(CO)[nH]c5ccc6cc7ccccc7cc6c45)OC4(O)C(O)C=CC2C34O)C(C2(c3ccc(O)cc3)CCCCC2)C1O. The second kappa shape index (κ2) is 13.9. The first kappa shape index (κ1) is 37.9. The van der Waals surface area contributed by atoms with Crippen molar-refractivity contribution in [1.82, 2.24) is 10.3 Å². The van der Waals surface area contributed by atoms with Gasteiger partial charge in [-0.05, 0) is 95.6 Å². The van der Waals surface area contributed by atoms with Crippen LogP contribution in [0.1, 0.15) is 49.8 Å². The number of carbonyl (C=O) groups is 1. The van der Waals surface area contributed by atoms with Gasteiger partial charge < -0.3 is 55.2 Å². The molecule has 58 heavy (non-hydrogen) atoms. The fraction of sp³-hybridized carbons (Fsp3) is 0.457. The number of aliphatic hydroxyl groups is 5. The molecule has 11 atom stereocenters. The monoisotopic (exact) mass is 790 g/mol. The van der Waals surface area contributed by atoms with Gasteiger partial charge in [0.2, 0.25) is 5.79 Å². The number of rotatable bonds is 7. The topological polar surface area (TPSA) is 194 Å². The van der Waals surface area contributed by atoms with Gasteiger partial charge in [-0.25, -0.2) is 4.79 Å². The molecule has 10 rings (SSSR count). The first-order valence-corrected chi connectivity index (χ1v) is 20.6. The van der Waals surface area contributed by atoms with Gasteiger partial charge in [0.05, 0.1) is 35.4 Å². The van der Waals surface area contributed by atoms with Crippen LogP contribution in [-0.2, 0) is 26.3 Å². The number of aliphatic hydroxyl groups excluding tert-OH is 3. The molecule has 12 nitrogen and oxygen atoms in total. The van der Waals surface area contributed by atoms with E-state index in [2.05, 4.69) is 10.3 Å². The predicted octanol–water partition coefficient (Wildman–Crippen LogP) is 4.45. The number of esters is 1. The highest BCUT2D eigenvalue weighted by atomic mass is 16.7. The maximum absolute atomic E-state index is 14.7. The zero-order chi connectivity index (χ0) is 40.1. The summed E-state index contributed by atoms with van der Waals surface area (Å²) in [5.41, 5.74) is -1.01. The van der Waals surface area contributed by atoms with Crippen LogP contribution in [0.15, 0.2) is 84.9 Å². The van der Waals surface area contributed by atoms with Crippen molar-refractivity contribution in [2.75, 3.05) is 13.6 Å². The number of fused-ring (bicyclic) bond motifs is 6. The fourth-order valence-electron chi connectivity index (χ4n) is 11.9. The van der Waals surface area contributed by atoms with Gasteiger partial charge in [0.15, 0.2) is 17.5 Å².